The summed E-state index contributed by atoms with van der Waals surface area (Å²) in [5.41, 5.74) is 1.53. The molecule has 0 saturated carbocycles. The number of nitrogens with one attached hydrogen (secondary N) is 2. The average molecular weight is 556 g/mol. The van der Waals surface area contributed by atoms with Crippen LogP contribution in [0.4, 0.5) is 4.39 Å². The van der Waals surface area contributed by atoms with Gasteiger partial charge in [0.2, 0.25) is 11.8 Å². The lowest BCUT2D eigenvalue weighted by Crippen LogP contribution is -2.55. The van der Waals surface area contributed by atoms with Crippen LogP contribution >= 0.6 is 0 Å². The highest BCUT2D eigenvalue weighted by Gasteiger charge is 2.37. The molecule has 2 N–H and O–H groups in total. The molecule has 2 bridgehead atoms. The van der Waals surface area contributed by atoms with Crippen molar-refractivity contribution in [2.75, 3.05) is 26.2 Å². The first-order valence-electron chi connectivity index (χ1n) is 14.0. The third kappa shape index (κ3) is 6.34. The molecular formula is C29H38FN5O5. The molecule has 1 saturated heterocycles. The second-order valence-electron chi connectivity index (χ2n) is 10.9. The zero-order valence-corrected chi connectivity index (χ0v) is 23.6. The number of halogens is 1. The molecular weight excluding hydrogens is 517 g/mol. The number of benzene rings is 1. The molecule has 2 aliphatic heterocycles. The Morgan fingerprint density at radius 3 is 2.73 bits per heavy atom. The average Bonchev–Trinajstić information content (AvgIpc) is 3.56. The molecule has 1 aromatic heterocycles. The summed E-state index contributed by atoms with van der Waals surface area (Å²) in [6.45, 7) is 7.90. The SMILES string of the molecule is CCc1noc(C)c1C(=O)N1CC(=O)NCCCc2ccc(F)c(c2)C(=O)N2CCC[C@H]2C(=O)N[C@H](C(C)C)C1. The normalized spacial score (nSPS) is 21.2. The van der Waals surface area contributed by atoms with Gasteiger partial charge in [-0.05, 0) is 62.6 Å². The summed E-state index contributed by atoms with van der Waals surface area (Å²) >= 11 is 0. The lowest BCUT2D eigenvalue weighted by Gasteiger charge is -2.32. The van der Waals surface area contributed by atoms with Gasteiger partial charge in [-0.3, -0.25) is 19.2 Å². The van der Waals surface area contributed by atoms with Crippen molar-refractivity contribution in [3.63, 3.8) is 0 Å². The number of hydrogen-bond acceptors (Lipinski definition) is 6. The molecule has 0 spiro atoms. The number of aromatic nitrogens is 1. The first-order chi connectivity index (χ1) is 19.1. The zero-order chi connectivity index (χ0) is 29.0. The van der Waals surface area contributed by atoms with Gasteiger partial charge in [0, 0.05) is 25.7 Å². The van der Waals surface area contributed by atoms with Crippen LogP contribution in [-0.4, -0.2) is 76.8 Å². The summed E-state index contributed by atoms with van der Waals surface area (Å²) in [7, 11) is 0. The Morgan fingerprint density at radius 1 is 1.23 bits per heavy atom. The van der Waals surface area contributed by atoms with Crippen LogP contribution in [0.25, 0.3) is 0 Å². The maximum Gasteiger partial charge on any atom is 0.259 e. The van der Waals surface area contributed by atoms with Crippen LogP contribution in [0.1, 0.15) is 77.8 Å². The van der Waals surface area contributed by atoms with E-state index in [9.17, 15) is 23.6 Å². The zero-order valence-electron chi connectivity index (χ0n) is 23.6. The lowest BCUT2D eigenvalue weighted by atomic mass is 10.0. The molecule has 4 rings (SSSR count). The highest BCUT2D eigenvalue weighted by atomic mass is 19.1. The fourth-order valence-electron chi connectivity index (χ4n) is 5.33. The van der Waals surface area contributed by atoms with Crippen molar-refractivity contribution in [3.8, 4) is 0 Å². The standard InChI is InChI=1S/C29H38FN5O5/c1-5-22-26(18(4)40-33-22)29(39)34-15-23(17(2)3)32-27(37)24-9-7-13-35(24)28(38)20-14-19(10-11-21(20)30)8-6-12-31-25(36)16-34/h10-11,14,17,23-24H,5-9,12-13,15-16H2,1-4H3,(H,31,36)(H,32,37)/t23-,24-/m0/s1. The van der Waals surface area contributed by atoms with Gasteiger partial charge < -0.3 is 25.0 Å². The monoisotopic (exact) mass is 555 g/mol. The smallest absolute Gasteiger partial charge is 0.259 e. The van der Waals surface area contributed by atoms with Gasteiger partial charge in [-0.1, -0.05) is 32.0 Å². The van der Waals surface area contributed by atoms with Crippen LogP contribution in [-0.2, 0) is 22.4 Å². The summed E-state index contributed by atoms with van der Waals surface area (Å²) in [5.74, 6) is -1.97. The van der Waals surface area contributed by atoms with Crippen LogP contribution in [0.5, 0.6) is 0 Å². The van der Waals surface area contributed by atoms with Crippen LogP contribution in [0.15, 0.2) is 22.7 Å². The van der Waals surface area contributed by atoms with E-state index < -0.39 is 29.7 Å². The largest absolute Gasteiger partial charge is 0.361 e. The molecule has 216 valence electrons. The van der Waals surface area contributed by atoms with Crippen molar-refractivity contribution in [2.24, 2.45) is 5.92 Å². The summed E-state index contributed by atoms with van der Waals surface area (Å²) in [4.78, 5) is 56.5. The van der Waals surface area contributed by atoms with Crippen LogP contribution in [0.3, 0.4) is 0 Å². The quantitative estimate of drug-likeness (QED) is 0.600. The first kappa shape index (κ1) is 29.2. The first-order valence-corrected chi connectivity index (χ1v) is 14.0. The van der Waals surface area contributed by atoms with Gasteiger partial charge in [0.15, 0.2) is 0 Å². The van der Waals surface area contributed by atoms with E-state index in [4.69, 9.17) is 4.52 Å². The van der Waals surface area contributed by atoms with E-state index in [2.05, 4.69) is 15.8 Å². The minimum Gasteiger partial charge on any atom is -0.361 e. The van der Waals surface area contributed by atoms with Crippen molar-refractivity contribution in [1.29, 1.82) is 0 Å². The lowest BCUT2D eigenvalue weighted by molar-refractivity contribution is -0.126. The fourth-order valence-corrected chi connectivity index (χ4v) is 5.33. The number of hydrogen-bond donors (Lipinski definition) is 2. The minimum absolute atomic E-state index is 0.0569. The third-order valence-electron chi connectivity index (χ3n) is 7.70. The summed E-state index contributed by atoms with van der Waals surface area (Å²) in [6, 6.07) is 3.16. The Kier molecular flexibility index (Phi) is 9.21. The van der Waals surface area contributed by atoms with E-state index in [0.29, 0.717) is 62.2 Å². The second kappa shape index (κ2) is 12.6. The predicted molar refractivity (Wildman–Crippen MR) is 145 cm³/mol. The van der Waals surface area contributed by atoms with Crippen molar-refractivity contribution in [2.45, 2.75) is 71.9 Å². The molecule has 1 aromatic carbocycles. The number of rotatable bonds is 3. The van der Waals surface area contributed by atoms with Gasteiger partial charge in [-0.15, -0.1) is 0 Å². The topological polar surface area (TPSA) is 125 Å². The van der Waals surface area contributed by atoms with Crippen LogP contribution in [0, 0.1) is 18.7 Å². The summed E-state index contributed by atoms with van der Waals surface area (Å²) in [5, 5.41) is 9.87. The second-order valence-corrected chi connectivity index (χ2v) is 10.9. The summed E-state index contributed by atoms with van der Waals surface area (Å²) in [6.07, 6.45) is 2.63. The molecule has 3 heterocycles. The highest BCUT2D eigenvalue weighted by molar-refractivity contribution is 5.99. The Balaban J connectivity index is 1.67. The number of amides is 4. The number of nitrogens with zero attached hydrogens (tertiary/aromatic N) is 3. The molecule has 1 fully saturated rings. The third-order valence-corrected chi connectivity index (χ3v) is 7.70. The van der Waals surface area contributed by atoms with Crippen LogP contribution < -0.4 is 10.6 Å². The maximum absolute atomic E-state index is 14.7. The molecule has 4 amide bonds. The van der Waals surface area contributed by atoms with Gasteiger partial charge in [-0.25, -0.2) is 4.39 Å². The number of carbonyl (C=O) groups is 4. The van der Waals surface area contributed by atoms with Crippen LogP contribution in [0.2, 0.25) is 0 Å². The predicted octanol–water partition coefficient (Wildman–Crippen LogP) is 2.63. The van der Waals surface area contributed by atoms with Crippen molar-refractivity contribution >= 4 is 23.6 Å². The molecule has 2 atom stereocenters. The van der Waals surface area contributed by atoms with Gasteiger partial charge in [0.25, 0.3) is 11.8 Å². The molecule has 11 heteroatoms. The molecule has 2 aromatic rings. The molecule has 40 heavy (non-hydrogen) atoms. The maximum atomic E-state index is 14.7. The van der Waals surface area contributed by atoms with E-state index in [1.54, 1.807) is 13.0 Å². The van der Waals surface area contributed by atoms with E-state index >= 15 is 0 Å². The van der Waals surface area contributed by atoms with Crippen molar-refractivity contribution in [1.82, 2.24) is 25.6 Å². The van der Waals surface area contributed by atoms with Crippen molar-refractivity contribution < 1.29 is 28.1 Å². The summed E-state index contributed by atoms with van der Waals surface area (Å²) < 4.78 is 20.0. The molecule has 0 unspecified atom stereocenters. The molecule has 0 aliphatic carbocycles. The van der Waals surface area contributed by atoms with E-state index in [0.717, 1.165) is 5.56 Å². The Bertz CT molecular complexity index is 1280. The Hall–Kier alpha value is -3.76. The Labute approximate surface area is 233 Å². The van der Waals surface area contributed by atoms with Gasteiger partial charge >= 0.3 is 0 Å². The van der Waals surface area contributed by atoms with E-state index in [1.165, 1.54) is 21.9 Å². The highest BCUT2D eigenvalue weighted by Crippen LogP contribution is 2.24. The number of aryl methyl sites for hydroxylation is 3. The van der Waals surface area contributed by atoms with E-state index in [-0.39, 0.29) is 36.4 Å². The molecule has 0 radical (unpaired) electrons. The van der Waals surface area contributed by atoms with Gasteiger partial charge in [0.05, 0.1) is 17.8 Å². The van der Waals surface area contributed by atoms with Crippen molar-refractivity contribution in [3.05, 3.63) is 52.2 Å². The van der Waals surface area contributed by atoms with E-state index in [1.807, 2.05) is 20.8 Å². The molecule has 10 nitrogen and oxygen atoms in total. The van der Waals surface area contributed by atoms with Gasteiger partial charge in [-0.2, -0.15) is 0 Å². The minimum atomic E-state index is -0.757. The van der Waals surface area contributed by atoms with Gasteiger partial charge in [0.1, 0.15) is 23.2 Å². The fraction of sp³-hybridized carbons (Fsp3) is 0.552. The molecule has 2 aliphatic rings. The Morgan fingerprint density at radius 2 is 2.00 bits per heavy atom. The number of carbonyl (C=O) groups excluding carboxylic acids is 4. The number of fused-ring (bicyclic) bond motifs is 3.